The third-order valence-electron chi connectivity index (χ3n) is 2.03. The second-order valence-electron chi connectivity index (χ2n) is 3.09. The summed E-state index contributed by atoms with van der Waals surface area (Å²) in [6.07, 6.45) is 2.11. The standard InChI is InChI=1S/C9H18N4/c1-4-6-13-9(5-2)8(7-10-3)11-12-13/h10H,4-7H2,1-3H3. The molecule has 0 bridgehead atoms. The fourth-order valence-corrected chi connectivity index (χ4v) is 1.45. The lowest BCUT2D eigenvalue weighted by Gasteiger charge is -2.03. The van der Waals surface area contributed by atoms with Gasteiger partial charge in [-0.15, -0.1) is 5.10 Å². The highest BCUT2D eigenvalue weighted by atomic mass is 15.4. The molecule has 0 amide bonds. The molecule has 1 aromatic heterocycles. The molecule has 4 heteroatoms. The van der Waals surface area contributed by atoms with E-state index in [1.807, 2.05) is 11.7 Å². The highest BCUT2D eigenvalue weighted by Crippen LogP contribution is 2.06. The van der Waals surface area contributed by atoms with Gasteiger partial charge in [-0.05, 0) is 19.9 Å². The molecule has 0 aliphatic rings. The molecular formula is C9H18N4. The van der Waals surface area contributed by atoms with Crippen LogP contribution in [0.4, 0.5) is 0 Å². The molecular weight excluding hydrogens is 164 g/mol. The zero-order chi connectivity index (χ0) is 9.68. The highest BCUT2D eigenvalue weighted by molar-refractivity contribution is 5.09. The molecule has 0 spiro atoms. The van der Waals surface area contributed by atoms with Gasteiger partial charge in [0.25, 0.3) is 0 Å². The molecule has 1 heterocycles. The first kappa shape index (κ1) is 10.2. The number of hydrogen-bond acceptors (Lipinski definition) is 3. The van der Waals surface area contributed by atoms with Crippen LogP contribution >= 0.6 is 0 Å². The van der Waals surface area contributed by atoms with Crippen LogP contribution in [0.15, 0.2) is 0 Å². The summed E-state index contributed by atoms with van der Waals surface area (Å²) in [6.45, 7) is 6.08. The second-order valence-corrected chi connectivity index (χ2v) is 3.09. The molecule has 0 aliphatic heterocycles. The van der Waals surface area contributed by atoms with E-state index in [2.05, 4.69) is 29.5 Å². The van der Waals surface area contributed by atoms with Crippen molar-refractivity contribution in [3.05, 3.63) is 11.4 Å². The van der Waals surface area contributed by atoms with E-state index >= 15 is 0 Å². The van der Waals surface area contributed by atoms with Gasteiger partial charge in [0.15, 0.2) is 0 Å². The molecule has 0 atom stereocenters. The van der Waals surface area contributed by atoms with E-state index in [-0.39, 0.29) is 0 Å². The Kier molecular flexibility index (Phi) is 3.89. The Bertz CT molecular complexity index is 231. The quantitative estimate of drug-likeness (QED) is 0.738. The van der Waals surface area contributed by atoms with Gasteiger partial charge in [0.2, 0.25) is 0 Å². The lowest BCUT2D eigenvalue weighted by atomic mass is 10.2. The Hall–Kier alpha value is -0.900. The van der Waals surface area contributed by atoms with E-state index in [0.29, 0.717) is 0 Å². The molecule has 0 fully saturated rings. The highest BCUT2D eigenvalue weighted by Gasteiger charge is 2.08. The fraction of sp³-hybridized carbons (Fsp3) is 0.778. The van der Waals surface area contributed by atoms with Crippen molar-refractivity contribution in [2.24, 2.45) is 0 Å². The third kappa shape index (κ3) is 2.28. The SMILES string of the molecule is CCCn1nnc(CNC)c1CC. The molecule has 0 saturated carbocycles. The number of nitrogens with zero attached hydrogens (tertiary/aromatic N) is 3. The summed E-state index contributed by atoms with van der Waals surface area (Å²) in [5.41, 5.74) is 2.34. The normalized spacial score (nSPS) is 10.7. The molecule has 74 valence electrons. The molecule has 13 heavy (non-hydrogen) atoms. The summed E-state index contributed by atoms with van der Waals surface area (Å²) in [5, 5.41) is 11.4. The van der Waals surface area contributed by atoms with E-state index < -0.39 is 0 Å². The first-order chi connectivity index (χ1) is 6.33. The topological polar surface area (TPSA) is 42.7 Å². The van der Waals surface area contributed by atoms with Crippen molar-refractivity contribution in [1.82, 2.24) is 20.3 Å². The molecule has 1 rings (SSSR count). The minimum absolute atomic E-state index is 0.812. The Balaban J connectivity index is 2.82. The Morgan fingerprint density at radius 2 is 2.15 bits per heavy atom. The third-order valence-corrected chi connectivity index (χ3v) is 2.03. The van der Waals surface area contributed by atoms with Gasteiger partial charge in [0, 0.05) is 13.1 Å². The summed E-state index contributed by atoms with van der Waals surface area (Å²) >= 11 is 0. The van der Waals surface area contributed by atoms with Crippen LogP contribution in [0.5, 0.6) is 0 Å². The van der Waals surface area contributed by atoms with E-state index in [1.54, 1.807) is 0 Å². The Labute approximate surface area is 79.3 Å². The van der Waals surface area contributed by atoms with Crippen molar-refractivity contribution in [2.45, 2.75) is 39.8 Å². The predicted molar refractivity (Wildman–Crippen MR) is 52.5 cm³/mol. The summed E-state index contributed by atoms with van der Waals surface area (Å²) in [4.78, 5) is 0. The van der Waals surface area contributed by atoms with Crippen LogP contribution in [-0.4, -0.2) is 22.0 Å². The van der Waals surface area contributed by atoms with Crippen LogP contribution in [0.2, 0.25) is 0 Å². The van der Waals surface area contributed by atoms with Crippen molar-refractivity contribution < 1.29 is 0 Å². The van der Waals surface area contributed by atoms with Crippen LogP contribution in [0.25, 0.3) is 0 Å². The minimum atomic E-state index is 0.812. The molecule has 1 N–H and O–H groups in total. The van der Waals surface area contributed by atoms with Gasteiger partial charge in [0.1, 0.15) is 0 Å². The van der Waals surface area contributed by atoms with Crippen LogP contribution < -0.4 is 5.32 Å². The van der Waals surface area contributed by atoms with E-state index in [9.17, 15) is 0 Å². The summed E-state index contributed by atoms with van der Waals surface area (Å²) < 4.78 is 2.01. The molecule has 1 aromatic rings. The average molecular weight is 182 g/mol. The largest absolute Gasteiger partial charge is 0.314 e. The molecule has 0 radical (unpaired) electrons. The van der Waals surface area contributed by atoms with Crippen molar-refractivity contribution >= 4 is 0 Å². The van der Waals surface area contributed by atoms with Gasteiger partial charge >= 0.3 is 0 Å². The van der Waals surface area contributed by atoms with Crippen molar-refractivity contribution in [1.29, 1.82) is 0 Å². The molecule has 0 aromatic carbocycles. The molecule has 4 nitrogen and oxygen atoms in total. The van der Waals surface area contributed by atoms with Crippen LogP contribution in [0.3, 0.4) is 0 Å². The zero-order valence-electron chi connectivity index (χ0n) is 8.67. The van der Waals surface area contributed by atoms with Gasteiger partial charge in [-0.1, -0.05) is 19.1 Å². The number of hydrogen-bond donors (Lipinski definition) is 1. The Morgan fingerprint density at radius 3 is 2.69 bits per heavy atom. The van der Waals surface area contributed by atoms with Crippen LogP contribution in [0, 0.1) is 0 Å². The minimum Gasteiger partial charge on any atom is -0.314 e. The first-order valence-corrected chi connectivity index (χ1v) is 4.89. The molecule has 0 aliphatic carbocycles. The molecule has 0 unspecified atom stereocenters. The van der Waals surface area contributed by atoms with Crippen molar-refractivity contribution in [2.75, 3.05) is 7.05 Å². The van der Waals surface area contributed by atoms with Crippen molar-refractivity contribution in [3.8, 4) is 0 Å². The maximum atomic E-state index is 4.15. The Morgan fingerprint density at radius 1 is 1.38 bits per heavy atom. The average Bonchev–Trinajstić information content (AvgIpc) is 2.49. The number of nitrogens with one attached hydrogen (secondary N) is 1. The monoisotopic (exact) mass is 182 g/mol. The predicted octanol–water partition coefficient (Wildman–Crippen LogP) is 0.970. The first-order valence-electron chi connectivity index (χ1n) is 4.89. The lowest BCUT2D eigenvalue weighted by molar-refractivity contribution is 0.557. The second kappa shape index (κ2) is 4.97. The lowest BCUT2D eigenvalue weighted by Crippen LogP contribution is -2.09. The summed E-state index contributed by atoms with van der Waals surface area (Å²) in [5.74, 6) is 0. The van der Waals surface area contributed by atoms with Gasteiger partial charge < -0.3 is 5.32 Å². The summed E-state index contributed by atoms with van der Waals surface area (Å²) in [7, 11) is 1.93. The zero-order valence-corrected chi connectivity index (χ0v) is 8.67. The maximum Gasteiger partial charge on any atom is 0.0996 e. The fourth-order valence-electron chi connectivity index (χ4n) is 1.45. The van der Waals surface area contributed by atoms with E-state index in [1.165, 1.54) is 5.69 Å². The maximum absolute atomic E-state index is 4.15. The van der Waals surface area contributed by atoms with Gasteiger partial charge in [-0.25, -0.2) is 4.68 Å². The van der Waals surface area contributed by atoms with Gasteiger partial charge in [-0.2, -0.15) is 0 Å². The summed E-state index contributed by atoms with van der Waals surface area (Å²) in [6, 6.07) is 0. The van der Waals surface area contributed by atoms with Crippen LogP contribution in [0.1, 0.15) is 31.7 Å². The number of rotatable bonds is 5. The number of aryl methyl sites for hydroxylation is 1. The number of aromatic nitrogens is 3. The van der Waals surface area contributed by atoms with Gasteiger partial charge in [-0.3, -0.25) is 0 Å². The van der Waals surface area contributed by atoms with Crippen molar-refractivity contribution in [3.63, 3.8) is 0 Å². The smallest absolute Gasteiger partial charge is 0.0996 e. The van der Waals surface area contributed by atoms with Crippen LogP contribution in [-0.2, 0) is 19.5 Å². The van der Waals surface area contributed by atoms with E-state index in [0.717, 1.165) is 31.6 Å². The molecule has 0 saturated heterocycles. The van der Waals surface area contributed by atoms with Gasteiger partial charge in [0.05, 0.1) is 11.4 Å². The van der Waals surface area contributed by atoms with E-state index in [4.69, 9.17) is 0 Å².